The molecule has 0 spiro atoms. The van der Waals surface area contributed by atoms with Gasteiger partial charge in [0.05, 0.1) is 11.0 Å². The average Bonchev–Trinajstić information content (AvgIpc) is 3.87. The molecule has 14 rings (SSSR count). The van der Waals surface area contributed by atoms with Crippen molar-refractivity contribution in [1.29, 1.82) is 0 Å². The average molecular weight is 870 g/mol. The summed E-state index contributed by atoms with van der Waals surface area (Å²) >= 11 is 0. The Morgan fingerprint density at radius 3 is 0.896 bits per heavy atom. The fourth-order valence-corrected chi connectivity index (χ4v) is 13.8. The van der Waals surface area contributed by atoms with E-state index in [9.17, 15) is 0 Å². The van der Waals surface area contributed by atoms with E-state index in [1.165, 1.54) is 160 Å². The quantitative estimate of drug-likeness (QED) is 0.135. The van der Waals surface area contributed by atoms with E-state index in [2.05, 4.69) is 203 Å². The van der Waals surface area contributed by atoms with Gasteiger partial charge in [0.1, 0.15) is 0 Å². The predicted octanol–water partition coefficient (Wildman–Crippen LogP) is 11.7. The number of aromatic nitrogens is 3. The van der Waals surface area contributed by atoms with Crippen molar-refractivity contribution in [3.05, 3.63) is 123 Å². The Labute approximate surface area is 396 Å². The second-order valence-electron chi connectivity index (χ2n) is 25.8. The van der Waals surface area contributed by atoms with Crippen molar-refractivity contribution in [2.45, 2.75) is 132 Å². The molecule has 0 bridgehead atoms. The third-order valence-electron chi connectivity index (χ3n) is 17.0. The van der Waals surface area contributed by atoms with Crippen LogP contribution in [-0.2, 0) is 21.7 Å². The van der Waals surface area contributed by atoms with Crippen LogP contribution in [0.5, 0.6) is 0 Å². The number of hydrogen-bond donors (Lipinski definition) is 0. The highest BCUT2D eigenvalue weighted by atomic mass is 15.1. The maximum atomic E-state index is 2.82. The van der Waals surface area contributed by atoms with Crippen LogP contribution in [0.3, 0.4) is 0 Å². The summed E-state index contributed by atoms with van der Waals surface area (Å²) in [6.07, 6.45) is 0. The number of benzene rings is 7. The van der Waals surface area contributed by atoms with Gasteiger partial charge >= 0.3 is 0 Å². The Balaban J connectivity index is 1.31. The summed E-state index contributed by atoms with van der Waals surface area (Å²) in [7, 11) is 0. The largest absolute Gasteiger partial charge is 0.311 e. The van der Waals surface area contributed by atoms with E-state index in [0.29, 0.717) is 0 Å². The van der Waals surface area contributed by atoms with E-state index in [4.69, 9.17) is 0 Å². The molecule has 7 aromatic carbocycles. The molecule has 330 valence electrons. The van der Waals surface area contributed by atoms with Gasteiger partial charge in [-0.1, -0.05) is 131 Å². The highest BCUT2D eigenvalue weighted by Crippen LogP contribution is 2.47. The summed E-state index contributed by atoms with van der Waals surface area (Å²) in [5, 5.41) is 8.30. The molecule has 3 nitrogen and oxygen atoms in total. The van der Waals surface area contributed by atoms with Gasteiger partial charge in [-0.05, 0) is 158 Å². The molecular formula is C62H61B2N3. The summed E-state index contributed by atoms with van der Waals surface area (Å²) in [5.74, 6) is 0. The minimum atomic E-state index is -0.0477. The highest BCUT2D eigenvalue weighted by molar-refractivity contribution is 7.04. The van der Waals surface area contributed by atoms with E-state index < -0.39 is 0 Å². The Bertz CT molecular complexity index is 3800. The first-order valence-electron chi connectivity index (χ1n) is 25.0. The lowest BCUT2D eigenvalue weighted by atomic mass is 9.29. The van der Waals surface area contributed by atoms with Crippen molar-refractivity contribution >= 4 is 112 Å². The molecule has 0 atom stereocenters. The van der Waals surface area contributed by atoms with Gasteiger partial charge in [-0.15, -0.1) is 0 Å². The smallest absolute Gasteiger partial charge is 0.252 e. The van der Waals surface area contributed by atoms with Crippen LogP contribution >= 0.6 is 0 Å². The minimum Gasteiger partial charge on any atom is -0.311 e. The lowest BCUT2D eigenvalue weighted by molar-refractivity contribution is 0.591. The minimum absolute atomic E-state index is 0.0383. The summed E-state index contributed by atoms with van der Waals surface area (Å²) < 4.78 is 8.30. The maximum absolute atomic E-state index is 2.82. The summed E-state index contributed by atoms with van der Waals surface area (Å²) in [4.78, 5) is 0. The first-order chi connectivity index (χ1) is 31.4. The molecule has 0 saturated heterocycles. The van der Waals surface area contributed by atoms with Crippen LogP contribution < -0.4 is 32.8 Å². The second-order valence-corrected chi connectivity index (χ2v) is 25.8. The molecule has 0 aliphatic carbocycles. The lowest BCUT2D eigenvalue weighted by Gasteiger charge is -2.42. The molecule has 4 aliphatic rings. The molecule has 4 aliphatic heterocycles. The Hall–Kier alpha value is -5.93. The summed E-state index contributed by atoms with van der Waals surface area (Å²) in [6.45, 7) is 38.2. The number of nitrogens with zero attached hydrogens (tertiary/aromatic N) is 3. The van der Waals surface area contributed by atoms with Crippen LogP contribution in [0, 0.1) is 27.7 Å². The fraction of sp³-hybridized carbons (Fsp3) is 0.323. The van der Waals surface area contributed by atoms with E-state index in [1.54, 1.807) is 0 Å². The highest BCUT2D eigenvalue weighted by Gasteiger charge is 2.50. The number of fused-ring (bicyclic) bond motifs is 13. The van der Waals surface area contributed by atoms with Crippen molar-refractivity contribution in [3.63, 3.8) is 0 Å². The number of hydrogen-bond acceptors (Lipinski definition) is 0. The third kappa shape index (κ3) is 4.77. The van der Waals surface area contributed by atoms with Gasteiger partial charge in [-0.25, -0.2) is 0 Å². The molecule has 0 N–H and O–H groups in total. The zero-order chi connectivity index (χ0) is 46.8. The van der Waals surface area contributed by atoms with Gasteiger partial charge in [0.2, 0.25) is 0 Å². The van der Waals surface area contributed by atoms with Crippen molar-refractivity contribution in [3.8, 4) is 17.1 Å². The normalized spacial score (nSPS) is 14.8. The van der Waals surface area contributed by atoms with Gasteiger partial charge in [0, 0.05) is 71.4 Å². The molecule has 3 aromatic heterocycles. The van der Waals surface area contributed by atoms with E-state index in [0.717, 1.165) is 0 Å². The standard InChI is InChI=1S/C62H61B2N3/c1-30-17-32(3)52-38(19-30)40-21-34(59(5,6)7)25-44-54(40)65(52)48-29-49-51-58-50(48)63(44)46-27-36(61(11,12)13)23-42-43-24-37(62(14,15)16)28-47(57(43)67(58)56(42)46)64(51)45-26-35(60(8,9)10)22-41-39-20-31(2)18-33(4)53(39)66(49)55(41)45/h17-29H,1-16H3. The van der Waals surface area contributed by atoms with Gasteiger partial charge in [0.15, 0.2) is 0 Å². The molecule has 0 saturated carbocycles. The SMILES string of the molecule is Cc1cc(C)c2c(c1)c1cc(C(C)(C)C)cc3c1n2-c1cc2c4c5c1B3c1cc(C(C)(C)C)cc3c6cc(C(C)(C)C)cc(c6n-5c13)B4c1cc(C(C)(C)C)cc3c4cc(C)cc(C)c4n-2c13. The first kappa shape index (κ1) is 40.2. The van der Waals surface area contributed by atoms with Crippen molar-refractivity contribution < 1.29 is 0 Å². The summed E-state index contributed by atoms with van der Waals surface area (Å²) in [6, 6.07) is 33.3. The Morgan fingerprint density at radius 1 is 0.313 bits per heavy atom. The monoisotopic (exact) mass is 870 g/mol. The van der Waals surface area contributed by atoms with Crippen LogP contribution in [0.15, 0.2) is 78.9 Å². The number of aryl methyl sites for hydroxylation is 4. The van der Waals surface area contributed by atoms with Gasteiger partial charge in [-0.2, -0.15) is 0 Å². The van der Waals surface area contributed by atoms with Crippen LogP contribution in [0.1, 0.15) is 128 Å². The van der Waals surface area contributed by atoms with E-state index in [1.807, 2.05) is 0 Å². The number of rotatable bonds is 0. The maximum Gasteiger partial charge on any atom is 0.252 e. The van der Waals surface area contributed by atoms with Crippen LogP contribution in [0.25, 0.3) is 82.5 Å². The molecule has 67 heavy (non-hydrogen) atoms. The Morgan fingerprint density at radius 2 is 0.597 bits per heavy atom. The van der Waals surface area contributed by atoms with Crippen LogP contribution in [-0.4, -0.2) is 27.1 Å². The van der Waals surface area contributed by atoms with Gasteiger partial charge in [0.25, 0.3) is 13.4 Å². The van der Waals surface area contributed by atoms with Gasteiger partial charge < -0.3 is 13.7 Å². The third-order valence-corrected chi connectivity index (χ3v) is 17.0. The molecule has 10 aromatic rings. The summed E-state index contributed by atoms with van der Waals surface area (Å²) in [5.41, 5.74) is 31.9. The Kier molecular flexibility index (Phi) is 7.10. The van der Waals surface area contributed by atoms with Crippen LogP contribution in [0.2, 0.25) is 0 Å². The van der Waals surface area contributed by atoms with E-state index >= 15 is 0 Å². The molecule has 0 amide bonds. The second kappa shape index (κ2) is 11.8. The fourth-order valence-electron chi connectivity index (χ4n) is 13.8. The lowest BCUT2D eigenvalue weighted by Crippen LogP contribution is -2.66. The zero-order valence-electron chi connectivity index (χ0n) is 42.5. The molecule has 0 fully saturated rings. The van der Waals surface area contributed by atoms with Crippen molar-refractivity contribution in [2.24, 2.45) is 0 Å². The van der Waals surface area contributed by atoms with Crippen molar-refractivity contribution in [1.82, 2.24) is 13.7 Å². The molecule has 0 radical (unpaired) electrons. The van der Waals surface area contributed by atoms with Crippen molar-refractivity contribution in [2.75, 3.05) is 0 Å². The zero-order valence-corrected chi connectivity index (χ0v) is 42.5. The predicted molar refractivity (Wildman–Crippen MR) is 293 cm³/mol. The van der Waals surface area contributed by atoms with Gasteiger partial charge in [-0.3, -0.25) is 0 Å². The van der Waals surface area contributed by atoms with E-state index in [-0.39, 0.29) is 35.1 Å². The molecular weight excluding hydrogens is 808 g/mol. The molecule has 5 heteroatoms. The topological polar surface area (TPSA) is 14.8 Å². The molecule has 0 unspecified atom stereocenters. The molecule has 7 heterocycles. The first-order valence-corrected chi connectivity index (χ1v) is 25.0. The van der Waals surface area contributed by atoms with Crippen LogP contribution in [0.4, 0.5) is 0 Å².